The number of halogens is 1. The molecule has 1 heterocycles. The zero-order valence-corrected chi connectivity index (χ0v) is 13.6. The first kappa shape index (κ1) is 14.5. The van der Waals surface area contributed by atoms with Crippen LogP contribution >= 0.6 is 27.3 Å². The molecule has 3 atom stereocenters. The molecule has 1 aliphatic rings. The van der Waals surface area contributed by atoms with E-state index < -0.39 is 0 Å². The van der Waals surface area contributed by atoms with Crippen LogP contribution in [0.4, 0.5) is 0 Å². The van der Waals surface area contributed by atoms with Crippen LogP contribution in [0, 0.1) is 5.92 Å². The van der Waals surface area contributed by atoms with Crippen molar-refractivity contribution in [3.63, 3.8) is 0 Å². The summed E-state index contributed by atoms with van der Waals surface area (Å²) in [6, 6.07) is 3.28. The number of nitrogens with zero attached hydrogens (tertiary/aromatic N) is 1. The molecule has 0 amide bonds. The first-order valence-electron chi connectivity index (χ1n) is 6.77. The Hall–Kier alpha value is 0.1000. The highest BCUT2D eigenvalue weighted by molar-refractivity contribution is 9.10. The predicted molar refractivity (Wildman–Crippen MR) is 83.0 cm³/mol. The highest BCUT2D eigenvalue weighted by atomic mass is 79.9. The fourth-order valence-corrected chi connectivity index (χ4v) is 4.62. The summed E-state index contributed by atoms with van der Waals surface area (Å²) in [6.07, 6.45) is 5.40. The summed E-state index contributed by atoms with van der Waals surface area (Å²) in [5.41, 5.74) is 6.01. The van der Waals surface area contributed by atoms with Gasteiger partial charge in [-0.1, -0.05) is 19.8 Å². The Morgan fingerprint density at radius 3 is 2.89 bits per heavy atom. The number of hydrogen-bond acceptors (Lipinski definition) is 3. The normalized spacial score (nSPS) is 26.5. The third-order valence-corrected chi connectivity index (χ3v) is 5.91. The standard InChI is InChI=1S/C14H23BrN2S/c1-10-4-3-5-12(6-10)17(2)13(8-16)14-7-11(15)9-18-14/h7,9-10,12-13H,3-6,8,16H2,1-2H3. The molecule has 2 N–H and O–H groups in total. The Morgan fingerprint density at radius 1 is 1.56 bits per heavy atom. The molecular weight excluding hydrogens is 308 g/mol. The molecular formula is C14H23BrN2S. The zero-order valence-electron chi connectivity index (χ0n) is 11.2. The van der Waals surface area contributed by atoms with Gasteiger partial charge in [0.15, 0.2) is 0 Å². The van der Waals surface area contributed by atoms with Gasteiger partial charge in [-0.2, -0.15) is 0 Å². The summed E-state index contributed by atoms with van der Waals surface area (Å²) in [4.78, 5) is 3.89. The van der Waals surface area contributed by atoms with Crippen LogP contribution in [0.15, 0.2) is 15.9 Å². The lowest BCUT2D eigenvalue weighted by atomic mass is 9.86. The van der Waals surface area contributed by atoms with Crippen LogP contribution in [0.2, 0.25) is 0 Å². The Bertz CT molecular complexity index is 380. The first-order valence-corrected chi connectivity index (χ1v) is 8.45. The monoisotopic (exact) mass is 330 g/mol. The lowest BCUT2D eigenvalue weighted by Crippen LogP contribution is -2.40. The molecule has 1 fully saturated rings. The summed E-state index contributed by atoms with van der Waals surface area (Å²) in [6.45, 7) is 3.08. The second kappa shape index (κ2) is 6.51. The van der Waals surface area contributed by atoms with E-state index in [4.69, 9.17) is 5.73 Å². The summed E-state index contributed by atoms with van der Waals surface area (Å²) in [5.74, 6) is 0.861. The topological polar surface area (TPSA) is 29.3 Å². The van der Waals surface area contributed by atoms with E-state index in [2.05, 4.69) is 46.2 Å². The van der Waals surface area contributed by atoms with Gasteiger partial charge in [-0.3, -0.25) is 4.90 Å². The lowest BCUT2D eigenvalue weighted by molar-refractivity contribution is 0.122. The molecule has 0 bridgehead atoms. The van der Waals surface area contributed by atoms with Crippen molar-refractivity contribution in [2.75, 3.05) is 13.6 Å². The second-order valence-corrected chi connectivity index (χ2v) is 7.37. The maximum absolute atomic E-state index is 6.01. The van der Waals surface area contributed by atoms with Gasteiger partial charge in [0.05, 0.1) is 6.04 Å². The lowest BCUT2D eigenvalue weighted by Gasteiger charge is -2.38. The Morgan fingerprint density at radius 2 is 2.33 bits per heavy atom. The Kier molecular flexibility index (Phi) is 5.24. The van der Waals surface area contributed by atoms with Gasteiger partial charge < -0.3 is 5.73 Å². The van der Waals surface area contributed by atoms with Crippen LogP contribution < -0.4 is 5.73 Å². The molecule has 102 valence electrons. The van der Waals surface area contributed by atoms with Crippen molar-refractivity contribution in [1.29, 1.82) is 0 Å². The Balaban J connectivity index is 2.07. The van der Waals surface area contributed by atoms with E-state index in [0.717, 1.165) is 5.92 Å². The summed E-state index contributed by atoms with van der Waals surface area (Å²) in [7, 11) is 2.24. The molecule has 0 spiro atoms. The zero-order chi connectivity index (χ0) is 13.1. The molecule has 3 unspecified atom stereocenters. The molecule has 2 rings (SSSR count). The number of likely N-dealkylation sites (N-methyl/N-ethyl adjacent to an activating group) is 1. The second-order valence-electron chi connectivity index (χ2n) is 5.51. The minimum absolute atomic E-state index is 0.372. The van der Waals surface area contributed by atoms with Gasteiger partial charge in [-0.05, 0) is 47.8 Å². The van der Waals surface area contributed by atoms with Gasteiger partial charge in [0.2, 0.25) is 0 Å². The highest BCUT2D eigenvalue weighted by Crippen LogP contribution is 2.34. The van der Waals surface area contributed by atoms with Gasteiger partial charge in [0.25, 0.3) is 0 Å². The van der Waals surface area contributed by atoms with Crippen LogP contribution in [-0.4, -0.2) is 24.5 Å². The maximum atomic E-state index is 6.01. The van der Waals surface area contributed by atoms with Gasteiger partial charge in [0.1, 0.15) is 0 Å². The van der Waals surface area contributed by atoms with E-state index in [0.29, 0.717) is 18.6 Å². The van der Waals surface area contributed by atoms with Crippen molar-refractivity contribution in [3.05, 3.63) is 20.8 Å². The minimum atomic E-state index is 0.372. The average Bonchev–Trinajstić information content (AvgIpc) is 2.76. The summed E-state index contributed by atoms with van der Waals surface area (Å²) < 4.78 is 1.17. The van der Waals surface area contributed by atoms with Crippen molar-refractivity contribution in [1.82, 2.24) is 4.90 Å². The van der Waals surface area contributed by atoms with E-state index in [1.165, 1.54) is 35.0 Å². The van der Waals surface area contributed by atoms with Crippen LogP contribution in [-0.2, 0) is 0 Å². The number of thiophene rings is 1. The van der Waals surface area contributed by atoms with Crippen LogP contribution in [0.3, 0.4) is 0 Å². The van der Waals surface area contributed by atoms with Crippen LogP contribution in [0.1, 0.15) is 43.5 Å². The van der Waals surface area contributed by atoms with Crippen molar-refractivity contribution >= 4 is 27.3 Å². The Labute approximate surface area is 123 Å². The van der Waals surface area contributed by atoms with E-state index in [1.807, 2.05) is 0 Å². The molecule has 2 nitrogen and oxygen atoms in total. The van der Waals surface area contributed by atoms with Crippen molar-refractivity contribution < 1.29 is 0 Å². The largest absolute Gasteiger partial charge is 0.329 e. The van der Waals surface area contributed by atoms with Gasteiger partial charge in [-0.15, -0.1) is 11.3 Å². The molecule has 0 saturated heterocycles. The SMILES string of the molecule is CC1CCCC(N(C)C(CN)c2cc(Br)cs2)C1. The molecule has 1 saturated carbocycles. The molecule has 18 heavy (non-hydrogen) atoms. The van der Waals surface area contributed by atoms with Crippen molar-refractivity contribution in [2.24, 2.45) is 11.7 Å². The third-order valence-electron chi connectivity index (χ3n) is 4.12. The van der Waals surface area contributed by atoms with Crippen molar-refractivity contribution in [2.45, 2.75) is 44.7 Å². The first-order chi connectivity index (χ1) is 8.61. The molecule has 1 aromatic rings. The summed E-state index contributed by atoms with van der Waals surface area (Å²) >= 11 is 5.34. The molecule has 0 aromatic carbocycles. The summed E-state index contributed by atoms with van der Waals surface area (Å²) in [5, 5.41) is 2.15. The van der Waals surface area contributed by atoms with E-state index in [9.17, 15) is 0 Å². The average molecular weight is 331 g/mol. The van der Waals surface area contributed by atoms with Crippen LogP contribution in [0.25, 0.3) is 0 Å². The van der Waals surface area contributed by atoms with E-state index >= 15 is 0 Å². The highest BCUT2D eigenvalue weighted by Gasteiger charge is 2.27. The number of hydrogen-bond donors (Lipinski definition) is 1. The maximum Gasteiger partial charge on any atom is 0.0564 e. The quantitative estimate of drug-likeness (QED) is 0.903. The van der Waals surface area contributed by atoms with Gasteiger partial charge >= 0.3 is 0 Å². The molecule has 4 heteroatoms. The van der Waals surface area contributed by atoms with E-state index in [1.54, 1.807) is 11.3 Å². The van der Waals surface area contributed by atoms with Crippen LogP contribution in [0.5, 0.6) is 0 Å². The third kappa shape index (κ3) is 3.35. The van der Waals surface area contributed by atoms with Crippen molar-refractivity contribution in [3.8, 4) is 0 Å². The smallest absolute Gasteiger partial charge is 0.0564 e. The van der Waals surface area contributed by atoms with Gasteiger partial charge in [-0.25, -0.2) is 0 Å². The molecule has 0 aliphatic heterocycles. The fourth-order valence-electron chi connectivity index (χ4n) is 3.01. The number of rotatable bonds is 4. The van der Waals surface area contributed by atoms with E-state index in [-0.39, 0.29) is 0 Å². The minimum Gasteiger partial charge on any atom is -0.329 e. The number of nitrogens with two attached hydrogens (primary N) is 1. The fraction of sp³-hybridized carbons (Fsp3) is 0.714. The van der Waals surface area contributed by atoms with Gasteiger partial charge in [0, 0.05) is 27.3 Å². The molecule has 1 aromatic heterocycles. The predicted octanol–water partition coefficient (Wildman–Crippen LogP) is 4.02. The molecule has 1 aliphatic carbocycles. The molecule has 0 radical (unpaired) electrons.